The number of nitrogens with one attached hydrogen (secondary N) is 1. The van der Waals surface area contributed by atoms with Crippen LogP contribution in [0.25, 0.3) is 0 Å². The summed E-state index contributed by atoms with van der Waals surface area (Å²) in [6.07, 6.45) is 9.55. The van der Waals surface area contributed by atoms with Crippen LogP contribution in [0.2, 0.25) is 0 Å². The second-order valence-corrected chi connectivity index (χ2v) is 9.00. The highest BCUT2D eigenvalue weighted by Gasteiger charge is 2.28. The van der Waals surface area contributed by atoms with E-state index in [1.54, 1.807) is 0 Å². The molecule has 1 aromatic heterocycles. The minimum Gasteiger partial charge on any atom is -0.396 e. The molecule has 29 heavy (non-hydrogen) atoms. The van der Waals surface area contributed by atoms with Crippen molar-refractivity contribution < 1.29 is 5.11 Å². The summed E-state index contributed by atoms with van der Waals surface area (Å²) < 4.78 is 0. The van der Waals surface area contributed by atoms with E-state index in [-0.39, 0.29) is 6.61 Å². The predicted molar refractivity (Wildman–Crippen MR) is 117 cm³/mol. The number of nitrogens with zero attached hydrogens (tertiary/aromatic N) is 3. The van der Waals surface area contributed by atoms with Crippen LogP contribution in [0.1, 0.15) is 66.8 Å². The highest BCUT2D eigenvalue weighted by Crippen LogP contribution is 2.33. The average molecular weight is 397 g/mol. The van der Waals surface area contributed by atoms with E-state index in [9.17, 15) is 5.11 Å². The minimum atomic E-state index is 0.252. The van der Waals surface area contributed by atoms with Crippen molar-refractivity contribution in [3.63, 3.8) is 0 Å². The van der Waals surface area contributed by atoms with Crippen LogP contribution in [0, 0.1) is 6.92 Å². The van der Waals surface area contributed by atoms with Crippen LogP contribution in [0.4, 0.5) is 0 Å². The van der Waals surface area contributed by atoms with Crippen molar-refractivity contribution in [3.05, 3.63) is 52.8 Å². The van der Waals surface area contributed by atoms with Gasteiger partial charge in [0.05, 0.1) is 6.20 Å². The molecule has 2 fully saturated rings. The van der Waals surface area contributed by atoms with Crippen LogP contribution in [0.5, 0.6) is 0 Å². The first-order valence-corrected chi connectivity index (χ1v) is 11.4. The van der Waals surface area contributed by atoms with Gasteiger partial charge in [0.25, 0.3) is 0 Å². The molecule has 0 radical (unpaired) electrons. The van der Waals surface area contributed by atoms with Crippen molar-refractivity contribution in [2.45, 2.75) is 70.5 Å². The summed E-state index contributed by atoms with van der Waals surface area (Å²) in [5, 5.41) is 17.4. The summed E-state index contributed by atoms with van der Waals surface area (Å²) >= 11 is 0. The van der Waals surface area contributed by atoms with Crippen molar-refractivity contribution in [1.82, 2.24) is 20.0 Å². The van der Waals surface area contributed by atoms with Crippen molar-refractivity contribution >= 4 is 0 Å². The maximum Gasteiger partial charge on any atom is 0.0535 e. The molecule has 1 aliphatic heterocycles. The number of piperazine rings is 1. The Morgan fingerprint density at radius 1 is 1.07 bits per heavy atom. The van der Waals surface area contributed by atoms with Gasteiger partial charge in [0.15, 0.2) is 0 Å². The van der Waals surface area contributed by atoms with Crippen molar-refractivity contribution in [3.8, 4) is 0 Å². The third-order valence-corrected chi connectivity index (χ3v) is 6.82. The van der Waals surface area contributed by atoms with Gasteiger partial charge in [-0.05, 0) is 31.7 Å². The zero-order valence-corrected chi connectivity index (χ0v) is 17.8. The summed E-state index contributed by atoms with van der Waals surface area (Å²) in [6.45, 7) is 7.47. The molecular weight excluding hydrogens is 360 g/mol. The minimum absolute atomic E-state index is 0.252. The molecule has 0 spiro atoms. The average Bonchev–Trinajstić information content (AvgIpc) is 3.20. The number of rotatable bonds is 7. The summed E-state index contributed by atoms with van der Waals surface area (Å²) in [4.78, 5) is 5.11. The fraction of sp³-hybridized carbons (Fsp3) is 0.625. The number of aromatic nitrogens is 2. The van der Waals surface area contributed by atoms with Gasteiger partial charge < -0.3 is 5.11 Å². The zero-order chi connectivity index (χ0) is 20.1. The molecular formula is C24H36N4O. The summed E-state index contributed by atoms with van der Waals surface area (Å²) in [5.41, 5.74) is 5.43. The fourth-order valence-corrected chi connectivity index (χ4v) is 5.09. The SMILES string of the molecule is Cc1ccc(CN2CCN(Cc3cn[nH]c3C3CCCCC3)C[C@@H]2CCO)cc1. The number of benzene rings is 1. The Morgan fingerprint density at radius 3 is 2.62 bits per heavy atom. The quantitative estimate of drug-likeness (QED) is 0.747. The number of aliphatic hydroxyl groups excluding tert-OH is 1. The van der Waals surface area contributed by atoms with Gasteiger partial charge in [-0.2, -0.15) is 5.10 Å². The normalized spacial score (nSPS) is 22.2. The van der Waals surface area contributed by atoms with Crippen molar-refractivity contribution in [2.75, 3.05) is 26.2 Å². The Labute approximate surface area is 175 Å². The third kappa shape index (κ3) is 5.27. The van der Waals surface area contributed by atoms with Crippen LogP contribution in [0.15, 0.2) is 30.5 Å². The van der Waals surface area contributed by atoms with Crippen molar-refractivity contribution in [2.24, 2.45) is 0 Å². The lowest BCUT2D eigenvalue weighted by Gasteiger charge is -2.41. The van der Waals surface area contributed by atoms with Crippen LogP contribution in [-0.2, 0) is 13.1 Å². The number of hydrogen-bond acceptors (Lipinski definition) is 4. The van der Waals surface area contributed by atoms with E-state index in [0.717, 1.165) is 39.1 Å². The number of H-pyrrole nitrogens is 1. The molecule has 1 aliphatic carbocycles. The molecule has 2 aromatic rings. The second-order valence-electron chi connectivity index (χ2n) is 9.00. The number of aryl methyl sites for hydroxylation is 1. The smallest absolute Gasteiger partial charge is 0.0535 e. The fourth-order valence-electron chi connectivity index (χ4n) is 5.09. The Morgan fingerprint density at radius 2 is 1.86 bits per heavy atom. The van der Waals surface area contributed by atoms with Crippen LogP contribution in [0.3, 0.4) is 0 Å². The van der Waals surface area contributed by atoms with Gasteiger partial charge in [-0.15, -0.1) is 0 Å². The predicted octanol–water partition coefficient (Wildman–Crippen LogP) is 3.83. The molecule has 4 rings (SSSR count). The number of aromatic amines is 1. The Bertz CT molecular complexity index is 750. The molecule has 1 aromatic carbocycles. The van der Waals surface area contributed by atoms with Gasteiger partial charge in [0, 0.05) is 62.5 Å². The van der Waals surface area contributed by atoms with Gasteiger partial charge in [-0.25, -0.2) is 0 Å². The summed E-state index contributed by atoms with van der Waals surface area (Å²) in [6, 6.07) is 9.26. The molecule has 0 unspecified atom stereocenters. The lowest BCUT2D eigenvalue weighted by molar-refractivity contribution is 0.0498. The summed E-state index contributed by atoms with van der Waals surface area (Å²) in [5.74, 6) is 0.664. The zero-order valence-electron chi connectivity index (χ0n) is 17.8. The molecule has 2 aliphatic rings. The standard InChI is InChI=1S/C24H36N4O/c1-19-7-9-20(10-8-19)16-28-13-12-27(18-23(28)11-14-29)17-22-15-25-26-24(22)21-5-3-2-4-6-21/h7-10,15,21,23,29H,2-6,11-14,16-18H2,1H3,(H,25,26)/t23-/m0/s1. The second kappa shape index (κ2) is 9.88. The lowest BCUT2D eigenvalue weighted by atomic mass is 9.85. The molecule has 1 atom stereocenters. The maximum absolute atomic E-state index is 9.64. The Kier molecular flexibility index (Phi) is 7.01. The highest BCUT2D eigenvalue weighted by atomic mass is 16.3. The van der Waals surface area contributed by atoms with E-state index < -0.39 is 0 Å². The first-order chi connectivity index (χ1) is 14.2. The highest BCUT2D eigenvalue weighted by molar-refractivity contribution is 5.22. The van der Waals surface area contributed by atoms with Crippen molar-refractivity contribution in [1.29, 1.82) is 0 Å². The maximum atomic E-state index is 9.64. The monoisotopic (exact) mass is 396 g/mol. The molecule has 1 saturated carbocycles. The van der Waals surface area contributed by atoms with Gasteiger partial charge >= 0.3 is 0 Å². The van der Waals surface area contributed by atoms with E-state index in [2.05, 4.69) is 51.2 Å². The van der Waals surface area contributed by atoms with Crippen LogP contribution >= 0.6 is 0 Å². The van der Waals surface area contributed by atoms with Gasteiger partial charge in [-0.3, -0.25) is 14.9 Å². The molecule has 0 bridgehead atoms. The van der Waals surface area contributed by atoms with Crippen LogP contribution < -0.4 is 0 Å². The molecule has 2 heterocycles. The molecule has 1 saturated heterocycles. The number of hydrogen-bond donors (Lipinski definition) is 2. The van der Waals surface area contributed by atoms with E-state index >= 15 is 0 Å². The van der Waals surface area contributed by atoms with Gasteiger partial charge in [-0.1, -0.05) is 49.1 Å². The van der Waals surface area contributed by atoms with E-state index in [1.165, 1.54) is 54.5 Å². The number of aliphatic hydroxyl groups is 1. The molecule has 5 nitrogen and oxygen atoms in total. The molecule has 158 valence electrons. The topological polar surface area (TPSA) is 55.4 Å². The van der Waals surface area contributed by atoms with E-state index in [0.29, 0.717) is 12.0 Å². The van der Waals surface area contributed by atoms with E-state index in [1.807, 2.05) is 6.20 Å². The lowest BCUT2D eigenvalue weighted by Crippen LogP contribution is -2.52. The summed E-state index contributed by atoms with van der Waals surface area (Å²) in [7, 11) is 0. The molecule has 2 N–H and O–H groups in total. The first kappa shape index (κ1) is 20.6. The van der Waals surface area contributed by atoms with Gasteiger partial charge in [0.2, 0.25) is 0 Å². The Balaban J connectivity index is 1.38. The molecule has 0 amide bonds. The largest absolute Gasteiger partial charge is 0.396 e. The Hall–Kier alpha value is -1.69. The van der Waals surface area contributed by atoms with Crippen LogP contribution in [-0.4, -0.2) is 57.4 Å². The first-order valence-electron chi connectivity index (χ1n) is 11.4. The third-order valence-electron chi connectivity index (χ3n) is 6.82. The van der Waals surface area contributed by atoms with Gasteiger partial charge in [0.1, 0.15) is 0 Å². The molecule has 5 heteroatoms. The van der Waals surface area contributed by atoms with E-state index in [4.69, 9.17) is 0 Å².